The van der Waals surface area contributed by atoms with Crippen molar-refractivity contribution in [2.24, 2.45) is 0 Å². The Balaban J connectivity index is 1.90. The van der Waals surface area contributed by atoms with Crippen LogP contribution in [0.3, 0.4) is 0 Å². The number of ether oxygens (including phenoxy) is 1. The smallest absolute Gasteiger partial charge is 0.310 e. The number of halogens is 1. The van der Waals surface area contributed by atoms with E-state index >= 15 is 0 Å². The maximum Gasteiger partial charge on any atom is 0.310 e. The molecule has 5 nitrogen and oxygen atoms in total. The number of anilines is 1. The molecule has 1 heterocycles. The Kier molecular flexibility index (Phi) is 5.80. The summed E-state index contributed by atoms with van der Waals surface area (Å²) in [7, 11) is 1.35. The van der Waals surface area contributed by atoms with Gasteiger partial charge in [-0.05, 0) is 18.2 Å². The van der Waals surface area contributed by atoms with Crippen LogP contribution in [-0.4, -0.2) is 24.0 Å². The van der Waals surface area contributed by atoms with Crippen molar-refractivity contribution in [2.75, 3.05) is 12.4 Å². The summed E-state index contributed by atoms with van der Waals surface area (Å²) in [5.41, 5.74) is 2.07. The molecule has 0 unspecified atom stereocenters. The number of hydrogen-bond donors (Lipinski definition) is 1. The standard InChI is InChI=1S/C19H15BrN2O3S/c1-25-16(23)11-15-17(12-6-3-2-4-7-12)21-19(26-15)22-18(24)13-8-5-9-14(20)10-13/h2-10H,11H2,1H3,(H,21,22,24). The van der Waals surface area contributed by atoms with Crippen molar-refractivity contribution in [1.29, 1.82) is 0 Å². The van der Waals surface area contributed by atoms with E-state index in [4.69, 9.17) is 4.74 Å². The minimum absolute atomic E-state index is 0.102. The fourth-order valence-corrected chi connectivity index (χ4v) is 3.71. The maximum atomic E-state index is 12.4. The van der Waals surface area contributed by atoms with E-state index in [1.165, 1.54) is 18.4 Å². The predicted molar refractivity (Wildman–Crippen MR) is 105 cm³/mol. The molecule has 2 aromatic carbocycles. The molecule has 26 heavy (non-hydrogen) atoms. The number of rotatable bonds is 5. The van der Waals surface area contributed by atoms with E-state index in [1.807, 2.05) is 36.4 Å². The Bertz CT molecular complexity index is 941. The Hall–Kier alpha value is -2.51. The molecular weight excluding hydrogens is 416 g/mol. The number of aromatic nitrogens is 1. The molecule has 0 aliphatic carbocycles. The molecule has 3 aromatic rings. The van der Waals surface area contributed by atoms with Gasteiger partial charge >= 0.3 is 5.97 Å². The highest BCUT2D eigenvalue weighted by Crippen LogP contribution is 2.32. The molecule has 7 heteroatoms. The van der Waals surface area contributed by atoms with Crippen LogP contribution in [0.1, 0.15) is 15.2 Å². The Labute approximate surface area is 163 Å². The molecule has 1 N–H and O–H groups in total. The number of nitrogens with one attached hydrogen (secondary N) is 1. The van der Waals surface area contributed by atoms with Gasteiger partial charge in [-0.3, -0.25) is 14.9 Å². The lowest BCUT2D eigenvalue weighted by Crippen LogP contribution is -2.11. The molecule has 0 radical (unpaired) electrons. The molecular formula is C19H15BrN2O3S. The summed E-state index contributed by atoms with van der Waals surface area (Å²) in [5.74, 6) is -0.611. The van der Waals surface area contributed by atoms with Gasteiger partial charge in [0.2, 0.25) is 0 Å². The molecule has 0 atom stereocenters. The molecule has 0 spiro atoms. The molecule has 0 aliphatic rings. The van der Waals surface area contributed by atoms with Crippen molar-refractivity contribution in [3.63, 3.8) is 0 Å². The van der Waals surface area contributed by atoms with Crippen molar-refractivity contribution >= 4 is 44.3 Å². The third-order valence-corrected chi connectivity index (χ3v) is 5.05. The van der Waals surface area contributed by atoms with Gasteiger partial charge in [-0.1, -0.05) is 52.3 Å². The third kappa shape index (κ3) is 4.36. The van der Waals surface area contributed by atoms with Crippen molar-refractivity contribution in [3.05, 3.63) is 69.5 Å². The minimum atomic E-state index is -0.351. The number of thiazole rings is 1. The number of amides is 1. The van der Waals surface area contributed by atoms with Gasteiger partial charge in [0.25, 0.3) is 5.91 Å². The van der Waals surface area contributed by atoms with Crippen molar-refractivity contribution < 1.29 is 14.3 Å². The van der Waals surface area contributed by atoms with Crippen LogP contribution in [0.5, 0.6) is 0 Å². The quantitative estimate of drug-likeness (QED) is 0.603. The Morgan fingerprint density at radius 1 is 1.15 bits per heavy atom. The van der Waals surface area contributed by atoms with Gasteiger partial charge < -0.3 is 4.74 Å². The normalized spacial score (nSPS) is 10.4. The van der Waals surface area contributed by atoms with E-state index in [-0.39, 0.29) is 18.3 Å². The fourth-order valence-electron chi connectivity index (χ4n) is 2.35. The topological polar surface area (TPSA) is 68.3 Å². The number of esters is 1. The van der Waals surface area contributed by atoms with Gasteiger partial charge in [0.15, 0.2) is 5.13 Å². The molecule has 1 amide bonds. The number of nitrogens with zero attached hydrogens (tertiary/aromatic N) is 1. The molecule has 3 rings (SSSR count). The van der Waals surface area contributed by atoms with E-state index in [0.29, 0.717) is 16.4 Å². The maximum absolute atomic E-state index is 12.4. The number of methoxy groups -OCH3 is 1. The van der Waals surface area contributed by atoms with Crippen LogP contribution in [0, 0.1) is 0 Å². The lowest BCUT2D eigenvalue weighted by atomic mass is 10.1. The first-order valence-electron chi connectivity index (χ1n) is 7.75. The zero-order valence-electron chi connectivity index (χ0n) is 13.9. The van der Waals surface area contributed by atoms with Crippen molar-refractivity contribution in [2.45, 2.75) is 6.42 Å². The van der Waals surface area contributed by atoms with Crippen LogP contribution in [0.15, 0.2) is 59.1 Å². The number of carbonyl (C=O) groups excluding carboxylic acids is 2. The lowest BCUT2D eigenvalue weighted by molar-refractivity contribution is -0.139. The summed E-state index contributed by atoms with van der Waals surface area (Å²) in [5, 5.41) is 3.24. The average molecular weight is 431 g/mol. The number of benzene rings is 2. The second-order valence-corrected chi connectivity index (χ2v) is 7.37. The largest absolute Gasteiger partial charge is 0.469 e. The average Bonchev–Trinajstić information content (AvgIpc) is 3.04. The van der Waals surface area contributed by atoms with Crippen LogP contribution < -0.4 is 5.32 Å². The predicted octanol–water partition coefficient (Wildman–Crippen LogP) is 4.54. The van der Waals surface area contributed by atoms with Gasteiger partial charge in [-0.2, -0.15) is 0 Å². The first-order valence-corrected chi connectivity index (χ1v) is 9.36. The monoisotopic (exact) mass is 430 g/mol. The summed E-state index contributed by atoms with van der Waals surface area (Å²) < 4.78 is 5.59. The van der Waals surface area contributed by atoms with E-state index in [2.05, 4.69) is 26.2 Å². The van der Waals surface area contributed by atoms with Crippen LogP contribution in [-0.2, 0) is 16.0 Å². The van der Waals surface area contributed by atoms with Gasteiger partial charge in [-0.15, -0.1) is 11.3 Å². The van der Waals surface area contributed by atoms with Gasteiger partial charge in [0.05, 0.1) is 19.2 Å². The van der Waals surface area contributed by atoms with E-state index in [9.17, 15) is 9.59 Å². The highest BCUT2D eigenvalue weighted by molar-refractivity contribution is 9.10. The zero-order valence-corrected chi connectivity index (χ0v) is 16.3. The number of carbonyl (C=O) groups is 2. The Morgan fingerprint density at radius 3 is 2.62 bits per heavy atom. The van der Waals surface area contributed by atoms with E-state index < -0.39 is 0 Å². The van der Waals surface area contributed by atoms with Gasteiger partial charge in [-0.25, -0.2) is 4.98 Å². The molecule has 0 fully saturated rings. The summed E-state index contributed by atoms with van der Waals surface area (Å²) >= 11 is 4.62. The fraction of sp³-hybridized carbons (Fsp3) is 0.105. The third-order valence-electron chi connectivity index (χ3n) is 3.58. The first kappa shape index (κ1) is 18.3. The first-order chi connectivity index (χ1) is 12.6. The lowest BCUT2D eigenvalue weighted by Gasteiger charge is -2.02. The SMILES string of the molecule is COC(=O)Cc1sc(NC(=O)c2cccc(Br)c2)nc1-c1ccccc1. The number of hydrogen-bond acceptors (Lipinski definition) is 5. The second kappa shape index (κ2) is 8.25. The van der Waals surface area contributed by atoms with Crippen molar-refractivity contribution in [3.8, 4) is 11.3 Å². The highest BCUT2D eigenvalue weighted by atomic mass is 79.9. The summed E-state index contributed by atoms with van der Waals surface area (Å²) in [6.45, 7) is 0. The van der Waals surface area contributed by atoms with E-state index in [0.717, 1.165) is 14.9 Å². The van der Waals surface area contributed by atoms with Crippen LogP contribution in [0.25, 0.3) is 11.3 Å². The Morgan fingerprint density at radius 2 is 1.92 bits per heavy atom. The summed E-state index contributed by atoms with van der Waals surface area (Å²) in [4.78, 5) is 29.4. The molecule has 0 bridgehead atoms. The molecule has 132 valence electrons. The van der Waals surface area contributed by atoms with Crippen molar-refractivity contribution in [1.82, 2.24) is 4.98 Å². The molecule has 0 aliphatic heterocycles. The summed E-state index contributed by atoms with van der Waals surface area (Å²) in [6.07, 6.45) is 0.102. The van der Waals surface area contributed by atoms with Crippen LogP contribution in [0.2, 0.25) is 0 Å². The molecule has 0 saturated carbocycles. The van der Waals surface area contributed by atoms with Crippen LogP contribution >= 0.6 is 27.3 Å². The minimum Gasteiger partial charge on any atom is -0.469 e. The molecule has 0 saturated heterocycles. The van der Waals surface area contributed by atoms with E-state index in [1.54, 1.807) is 18.2 Å². The van der Waals surface area contributed by atoms with Gasteiger partial charge in [0.1, 0.15) is 0 Å². The zero-order chi connectivity index (χ0) is 18.5. The second-order valence-electron chi connectivity index (χ2n) is 5.37. The van der Waals surface area contributed by atoms with Gasteiger partial charge in [0, 0.05) is 20.5 Å². The summed E-state index contributed by atoms with van der Waals surface area (Å²) in [6, 6.07) is 16.6. The van der Waals surface area contributed by atoms with Crippen LogP contribution in [0.4, 0.5) is 5.13 Å². The highest BCUT2D eigenvalue weighted by Gasteiger charge is 2.18. The molecule has 1 aromatic heterocycles.